The van der Waals surface area contributed by atoms with Crippen molar-refractivity contribution in [2.45, 2.75) is 32.6 Å². The van der Waals surface area contributed by atoms with Crippen LogP contribution in [0.1, 0.15) is 41.6 Å². The molecule has 1 aromatic heterocycles. The Morgan fingerprint density at radius 3 is 3.05 bits per heavy atom. The van der Waals surface area contributed by atoms with Gasteiger partial charge in [-0.15, -0.1) is 11.3 Å². The van der Waals surface area contributed by atoms with Gasteiger partial charge < -0.3 is 4.74 Å². The number of rotatable bonds is 4. The van der Waals surface area contributed by atoms with Gasteiger partial charge in [-0.1, -0.05) is 19.1 Å². The van der Waals surface area contributed by atoms with Crippen molar-refractivity contribution in [2.24, 2.45) is 0 Å². The van der Waals surface area contributed by atoms with Gasteiger partial charge >= 0.3 is 0 Å². The predicted molar refractivity (Wildman–Crippen MR) is 80.6 cm³/mol. The van der Waals surface area contributed by atoms with Crippen LogP contribution in [0.4, 0.5) is 0 Å². The Kier molecular flexibility index (Phi) is 3.83. The Bertz CT molecular complexity index is 633. The van der Waals surface area contributed by atoms with Crippen molar-refractivity contribution < 1.29 is 9.53 Å². The molecule has 1 aromatic carbocycles. The predicted octanol–water partition coefficient (Wildman–Crippen LogP) is 4.12. The SMILES string of the molecule is CCCOc1cccc(-c2nc3c(s2)CCCC3=O)c1. The zero-order valence-corrected chi connectivity index (χ0v) is 12.3. The van der Waals surface area contributed by atoms with E-state index in [1.165, 1.54) is 0 Å². The third-order valence-electron chi connectivity index (χ3n) is 3.32. The van der Waals surface area contributed by atoms with E-state index in [4.69, 9.17) is 4.74 Å². The second-order valence-electron chi connectivity index (χ2n) is 4.94. The monoisotopic (exact) mass is 287 g/mol. The number of Topliss-reactive ketones (excluding diaryl/α,β-unsaturated/α-hetero) is 1. The number of hydrogen-bond donors (Lipinski definition) is 0. The maximum Gasteiger partial charge on any atom is 0.182 e. The van der Waals surface area contributed by atoms with E-state index in [-0.39, 0.29) is 5.78 Å². The van der Waals surface area contributed by atoms with Crippen LogP contribution in [-0.4, -0.2) is 17.4 Å². The summed E-state index contributed by atoms with van der Waals surface area (Å²) in [4.78, 5) is 17.5. The third-order valence-corrected chi connectivity index (χ3v) is 4.49. The Hall–Kier alpha value is -1.68. The second-order valence-corrected chi connectivity index (χ2v) is 6.03. The highest BCUT2D eigenvalue weighted by Gasteiger charge is 2.22. The molecule has 1 aliphatic rings. The van der Waals surface area contributed by atoms with Gasteiger partial charge in [-0.3, -0.25) is 4.79 Å². The second kappa shape index (κ2) is 5.75. The van der Waals surface area contributed by atoms with E-state index in [9.17, 15) is 4.79 Å². The zero-order valence-electron chi connectivity index (χ0n) is 11.5. The molecule has 1 aliphatic carbocycles. The van der Waals surface area contributed by atoms with Crippen LogP contribution >= 0.6 is 11.3 Å². The van der Waals surface area contributed by atoms with Gasteiger partial charge in [-0.2, -0.15) is 0 Å². The highest BCUT2D eigenvalue weighted by Crippen LogP contribution is 2.33. The van der Waals surface area contributed by atoms with E-state index in [0.717, 1.165) is 47.1 Å². The van der Waals surface area contributed by atoms with Crippen LogP contribution in [0.15, 0.2) is 24.3 Å². The summed E-state index contributed by atoms with van der Waals surface area (Å²) < 4.78 is 5.65. The number of ether oxygens (including phenoxy) is 1. The van der Waals surface area contributed by atoms with E-state index in [1.54, 1.807) is 11.3 Å². The number of fused-ring (bicyclic) bond motifs is 1. The fourth-order valence-corrected chi connectivity index (χ4v) is 3.45. The number of hydrogen-bond acceptors (Lipinski definition) is 4. The first-order valence-electron chi connectivity index (χ1n) is 7.04. The van der Waals surface area contributed by atoms with Crippen LogP contribution < -0.4 is 4.74 Å². The van der Waals surface area contributed by atoms with Crippen molar-refractivity contribution in [1.29, 1.82) is 0 Å². The lowest BCUT2D eigenvalue weighted by molar-refractivity contribution is 0.0968. The van der Waals surface area contributed by atoms with Crippen LogP contribution in [0.25, 0.3) is 10.6 Å². The number of nitrogens with zero attached hydrogens (tertiary/aromatic N) is 1. The molecule has 0 saturated carbocycles. The van der Waals surface area contributed by atoms with Crippen molar-refractivity contribution >= 4 is 17.1 Å². The molecule has 2 aromatic rings. The Balaban J connectivity index is 1.91. The van der Waals surface area contributed by atoms with Crippen molar-refractivity contribution in [1.82, 2.24) is 4.98 Å². The van der Waals surface area contributed by atoms with Gasteiger partial charge in [0.1, 0.15) is 16.5 Å². The normalized spacial score (nSPS) is 14.2. The Morgan fingerprint density at radius 2 is 2.25 bits per heavy atom. The minimum atomic E-state index is 0.187. The summed E-state index contributed by atoms with van der Waals surface area (Å²) in [7, 11) is 0. The summed E-state index contributed by atoms with van der Waals surface area (Å²) in [6.45, 7) is 2.81. The number of benzene rings is 1. The lowest BCUT2D eigenvalue weighted by atomic mass is 10.0. The molecule has 0 bridgehead atoms. The minimum absolute atomic E-state index is 0.187. The maximum absolute atomic E-state index is 11.9. The topological polar surface area (TPSA) is 39.2 Å². The largest absolute Gasteiger partial charge is 0.494 e. The number of aryl methyl sites for hydroxylation is 1. The first kappa shape index (κ1) is 13.3. The first-order valence-corrected chi connectivity index (χ1v) is 7.85. The van der Waals surface area contributed by atoms with Gasteiger partial charge in [0, 0.05) is 16.9 Å². The third kappa shape index (κ3) is 2.61. The van der Waals surface area contributed by atoms with Crippen LogP contribution in [0.5, 0.6) is 5.75 Å². The van der Waals surface area contributed by atoms with Crippen molar-refractivity contribution in [3.05, 3.63) is 34.8 Å². The minimum Gasteiger partial charge on any atom is -0.494 e. The molecule has 104 valence electrons. The molecule has 0 aliphatic heterocycles. The molecule has 0 amide bonds. The van der Waals surface area contributed by atoms with Crippen molar-refractivity contribution in [3.8, 4) is 16.3 Å². The average molecular weight is 287 g/mol. The number of carbonyl (C=O) groups is 1. The molecule has 0 saturated heterocycles. The maximum atomic E-state index is 11.9. The molecular formula is C16H17NO2S. The highest BCUT2D eigenvalue weighted by atomic mass is 32.1. The number of thiazole rings is 1. The van der Waals surface area contributed by atoms with Crippen LogP contribution in [-0.2, 0) is 6.42 Å². The van der Waals surface area contributed by atoms with Crippen molar-refractivity contribution in [2.75, 3.05) is 6.61 Å². The molecule has 0 N–H and O–H groups in total. The number of aromatic nitrogens is 1. The number of ketones is 1. The van der Waals surface area contributed by atoms with Gasteiger partial charge in [-0.05, 0) is 31.4 Å². The first-order chi connectivity index (χ1) is 9.78. The summed E-state index contributed by atoms with van der Waals surface area (Å²) in [6, 6.07) is 7.96. The zero-order chi connectivity index (χ0) is 13.9. The molecule has 4 heteroatoms. The molecule has 3 rings (SSSR count). The summed E-state index contributed by atoms with van der Waals surface area (Å²) in [5, 5.41) is 0.923. The van der Waals surface area contributed by atoms with Gasteiger partial charge in [0.2, 0.25) is 0 Å². The average Bonchev–Trinajstić information content (AvgIpc) is 2.91. The van der Waals surface area contributed by atoms with E-state index in [0.29, 0.717) is 12.1 Å². The van der Waals surface area contributed by atoms with Crippen LogP contribution in [0.2, 0.25) is 0 Å². The van der Waals surface area contributed by atoms with Crippen molar-refractivity contribution in [3.63, 3.8) is 0 Å². The smallest absolute Gasteiger partial charge is 0.182 e. The van der Waals surface area contributed by atoms with E-state index < -0.39 is 0 Å². The lowest BCUT2D eigenvalue weighted by Crippen LogP contribution is -2.08. The summed E-state index contributed by atoms with van der Waals surface area (Å²) in [5.74, 6) is 1.05. The molecule has 0 spiro atoms. The molecule has 0 fully saturated rings. The molecule has 0 unspecified atom stereocenters. The molecule has 3 nitrogen and oxygen atoms in total. The highest BCUT2D eigenvalue weighted by molar-refractivity contribution is 7.15. The van der Waals surface area contributed by atoms with E-state index in [2.05, 4.69) is 11.9 Å². The summed E-state index contributed by atoms with van der Waals surface area (Å²) in [6.07, 6.45) is 3.55. The van der Waals surface area contributed by atoms with E-state index in [1.807, 2.05) is 24.3 Å². The molecule has 0 radical (unpaired) electrons. The quantitative estimate of drug-likeness (QED) is 0.849. The van der Waals surface area contributed by atoms with Gasteiger partial charge in [0.25, 0.3) is 0 Å². The molecule has 0 atom stereocenters. The van der Waals surface area contributed by atoms with Crippen LogP contribution in [0.3, 0.4) is 0 Å². The number of carbonyl (C=O) groups excluding carboxylic acids is 1. The lowest BCUT2D eigenvalue weighted by Gasteiger charge is -2.06. The standard InChI is InChI=1S/C16H17NO2S/c1-2-9-19-12-6-3-5-11(10-12)16-17-15-13(18)7-4-8-14(15)20-16/h3,5-6,10H,2,4,7-9H2,1H3. The Morgan fingerprint density at radius 1 is 1.35 bits per heavy atom. The van der Waals surface area contributed by atoms with Gasteiger partial charge in [0.15, 0.2) is 5.78 Å². The molecule has 20 heavy (non-hydrogen) atoms. The van der Waals surface area contributed by atoms with Gasteiger partial charge in [0.05, 0.1) is 6.61 Å². The van der Waals surface area contributed by atoms with Gasteiger partial charge in [-0.25, -0.2) is 4.98 Å². The molecule has 1 heterocycles. The molecular weight excluding hydrogens is 270 g/mol. The Labute approximate surface area is 122 Å². The van der Waals surface area contributed by atoms with E-state index >= 15 is 0 Å². The fourth-order valence-electron chi connectivity index (χ4n) is 2.33. The summed E-state index contributed by atoms with van der Waals surface area (Å²) in [5.41, 5.74) is 1.72. The summed E-state index contributed by atoms with van der Waals surface area (Å²) >= 11 is 1.64. The van der Waals surface area contributed by atoms with Crippen LogP contribution in [0, 0.1) is 0 Å². The fraction of sp³-hybridized carbons (Fsp3) is 0.375.